The van der Waals surface area contributed by atoms with Gasteiger partial charge >= 0.3 is 0 Å². The van der Waals surface area contributed by atoms with Crippen molar-refractivity contribution in [3.05, 3.63) is 216 Å². The maximum atomic E-state index is 5.10. The lowest BCUT2D eigenvalue weighted by Crippen LogP contribution is -2.26. The summed E-state index contributed by atoms with van der Waals surface area (Å²) in [4.78, 5) is 8.64. The summed E-state index contributed by atoms with van der Waals surface area (Å²) in [5, 5.41) is 3.61. The molecule has 2 nitrogen and oxygen atoms in total. The van der Waals surface area contributed by atoms with E-state index in [1.54, 1.807) is 11.3 Å². The molecule has 0 atom stereocenters. The maximum Gasteiger partial charge on any atom is 0.125 e. The van der Waals surface area contributed by atoms with Crippen LogP contribution in [-0.4, -0.2) is 4.98 Å². The Balaban J connectivity index is 1.12. The zero-order chi connectivity index (χ0) is 36.1. The van der Waals surface area contributed by atoms with Gasteiger partial charge in [0.15, 0.2) is 0 Å². The van der Waals surface area contributed by atoms with Gasteiger partial charge in [0.05, 0.1) is 16.6 Å². The Morgan fingerprint density at radius 3 is 1.80 bits per heavy atom. The second kappa shape index (κ2) is 11.6. The van der Waals surface area contributed by atoms with Gasteiger partial charge in [-0.15, -0.1) is 11.3 Å². The third-order valence-corrected chi connectivity index (χ3v) is 12.9. The molecule has 55 heavy (non-hydrogen) atoms. The molecule has 0 saturated heterocycles. The van der Waals surface area contributed by atoms with Gasteiger partial charge in [-0.05, 0) is 92.5 Å². The lowest BCUT2D eigenvalue weighted by Gasteiger charge is -2.32. The van der Waals surface area contributed by atoms with Crippen molar-refractivity contribution in [3.63, 3.8) is 0 Å². The van der Waals surface area contributed by atoms with Crippen LogP contribution in [0.5, 0.6) is 0 Å². The Kier molecular flexibility index (Phi) is 6.46. The number of hydrogen-bond acceptors (Lipinski definition) is 3. The average molecular weight is 717 g/mol. The van der Waals surface area contributed by atoms with Gasteiger partial charge in [0, 0.05) is 37.8 Å². The molecule has 8 aromatic carbocycles. The Morgan fingerprint density at radius 1 is 0.436 bits per heavy atom. The SMILES string of the molecule is c1ccc(-c2ccc(N(c3ccc4c(c3)sc3nc5ccccc5cc34)c3cccc4c3-c3ccccc3C43c4ccccc4-c4ccccc43)cc2)cc1. The minimum atomic E-state index is -0.416. The van der Waals surface area contributed by atoms with Crippen molar-refractivity contribution in [1.29, 1.82) is 0 Å². The Hall–Kier alpha value is -6.81. The first-order chi connectivity index (χ1) is 27.3. The van der Waals surface area contributed by atoms with Gasteiger partial charge in [-0.1, -0.05) is 152 Å². The quantitative estimate of drug-likeness (QED) is 0.180. The van der Waals surface area contributed by atoms with Gasteiger partial charge in [0.2, 0.25) is 0 Å². The summed E-state index contributed by atoms with van der Waals surface area (Å²) >= 11 is 1.77. The van der Waals surface area contributed by atoms with E-state index in [1.165, 1.54) is 82.2 Å². The molecule has 12 rings (SSSR count). The van der Waals surface area contributed by atoms with Crippen LogP contribution >= 0.6 is 11.3 Å². The van der Waals surface area contributed by atoms with Crippen LogP contribution in [0.1, 0.15) is 22.3 Å². The number of pyridine rings is 1. The fraction of sp³-hybridized carbons (Fsp3) is 0.0192. The number of benzene rings is 8. The molecule has 2 aliphatic rings. The second-order valence-electron chi connectivity index (χ2n) is 14.7. The zero-order valence-corrected chi connectivity index (χ0v) is 30.6. The fourth-order valence-corrected chi connectivity index (χ4v) is 10.7. The molecule has 3 heteroatoms. The van der Waals surface area contributed by atoms with Crippen LogP contribution in [-0.2, 0) is 5.41 Å². The molecule has 2 aromatic heterocycles. The van der Waals surface area contributed by atoms with Crippen molar-refractivity contribution in [2.75, 3.05) is 4.90 Å². The Labute approximate surface area is 323 Å². The van der Waals surface area contributed by atoms with Gasteiger partial charge in [0.1, 0.15) is 4.83 Å². The van der Waals surface area contributed by atoms with E-state index in [1.807, 2.05) is 0 Å². The molecule has 1 spiro atoms. The number of nitrogens with zero attached hydrogens (tertiary/aromatic N) is 2. The summed E-state index contributed by atoms with van der Waals surface area (Å²) in [5.74, 6) is 0. The Morgan fingerprint density at radius 2 is 1.04 bits per heavy atom. The van der Waals surface area contributed by atoms with Crippen LogP contribution in [0.3, 0.4) is 0 Å². The highest BCUT2D eigenvalue weighted by molar-refractivity contribution is 7.25. The molecule has 2 heterocycles. The molecule has 0 bridgehead atoms. The van der Waals surface area contributed by atoms with Crippen molar-refractivity contribution in [3.8, 4) is 33.4 Å². The van der Waals surface area contributed by atoms with Crippen molar-refractivity contribution in [2.24, 2.45) is 0 Å². The number of hydrogen-bond donors (Lipinski definition) is 0. The van der Waals surface area contributed by atoms with Crippen LogP contribution in [0.25, 0.3) is 64.6 Å². The van der Waals surface area contributed by atoms with Crippen LogP contribution in [0.4, 0.5) is 17.1 Å². The van der Waals surface area contributed by atoms with Gasteiger partial charge in [-0.3, -0.25) is 0 Å². The standard InChI is InChI=1S/C52H32N2S/c1-2-13-33(14-3-1)34-25-27-36(28-26-34)54(37-29-30-40-42-31-35-15-4-11-23-47(35)53-51(42)55-49(40)32-37)48-24-12-22-46-50(48)41-18-7-10-21-45(41)52(46)43-19-8-5-16-38(43)39-17-6-9-20-44(39)52/h1-32H. The second-order valence-corrected chi connectivity index (χ2v) is 15.7. The number of fused-ring (bicyclic) bond motifs is 14. The van der Waals surface area contributed by atoms with E-state index < -0.39 is 5.41 Å². The molecule has 0 saturated carbocycles. The minimum Gasteiger partial charge on any atom is -0.310 e. The first-order valence-corrected chi connectivity index (χ1v) is 19.7. The van der Waals surface area contributed by atoms with Crippen LogP contribution in [0, 0.1) is 0 Å². The monoisotopic (exact) mass is 716 g/mol. The molecular weight excluding hydrogens is 685 g/mol. The van der Waals surface area contributed by atoms with Crippen molar-refractivity contribution < 1.29 is 0 Å². The van der Waals surface area contributed by atoms with Gasteiger partial charge in [0.25, 0.3) is 0 Å². The molecular formula is C52H32N2S. The summed E-state index contributed by atoms with van der Waals surface area (Å²) in [5.41, 5.74) is 17.0. The maximum absolute atomic E-state index is 5.10. The first-order valence-electron chi connectivity index (χ1n) is 18.9. The van der Waals surface area contributed by atoms with Crippen molar-refractivity contribution >= 4 is 59.6 Å². The molecule has 0 N–H and O–H groups in total. The van der Waals surface area contributed by atoms with Crippen molar-refractivity contribution in [2.45, 2.75) is 5.41 Å². The topological polar surface area (TPSA) is 16.1 Å². The number of para-hydroxylation sites is 1. The predicted molar refractivity (Wildman–Crippen MR) is 231 cm³/mol. The van der Waals surface area contributed by atoms with Crippen LogP contribution in [0.2, 0.25) is 0 Å². The molecule has 0 fully saturated rings. The molecule has 0 radical (unpaired) electrons. The highest BCUT2D eigenvalue weighted by Gasteiger charge is 2.52. The summed E-state index contributed by atoms with van der Waals surface area (Å²) in [7, 11) is 0. The number of rotatable bonds is 4. The van der Waals surface area contributed by atoms with E-state index in [0.717, 1.165) is 21.7 Å². The van der Waals surface area contributed by atoms with Crippen LogP contribution in [0.15, 0.2) is 194 Å². The zero-order valence-electron chi connectivity index (χ0n) is 29.8. The summed E-state index contributed by atoms with van der Waals surface area (Å²) < 4.78 is 1.23. The number of aromatic nitrogens is 1. The molecule has 2 aliphatic carbocycles. The van der Waals surface area contributed by atoms with E-state index in [0.29, 0.717) is 0 Å². The van der Waals surface area contributed by atoms with Gasteiger partial charge in [-0.2, -0.15) is 0 Å². The summed E-state index contributed by atoms with van der Waals surface area (Å²) in [6.07, 6.45) is 0. The van der Waals surface area contributed by atoms with E-state index in [9.17, 15) is 0 Å². The summed E-state index contributed by atoms with van der Waals surface area (Å²) in [6.45, 7) is 0. The largest absolute Gasteiger partial charge is 0.310 e. The smallest absolute Gasteiger partial charge is 0.125 e. The number of anilines is 3. The van der Waals surface area contributed by atoms with Gasteiger partial charge in [-0.25, -0.2) is 4.98 Å². The fourth-order valence-electron chi connectivity index (χ4n) is 9.60. The van der Waals surface area contributed by atoms with Gasteiger partial charge < -0.3 is 4.90 Å². The third kappa shape index (κ3) is 4.27. The third-order valence-electron chi connectivity index (χ3n) is 11.9. The molecule has 10 aromatic rings. The minimum absolute atomic E-state index is 0.416. The average Bonchev–Trinajstić information content (AvgIpc) is 3.87. The molecule has 0 aliphatic heterocycles. The molecule has 256 valence electrons. The van der Waals surface area contributed by atoms with E-state index in [2.05, 4.69) is 199 Å². The number of thiophene rings is 1. The predicted octanol–water partition coefficient (Wildman–Crippen LogP) is 14.1. The lowest BCUT2D eigenvalue weighted by molar-refractivity contribution is 0.794. The van der Waals surface area contributed by atoms with E-state index >= 15 is 0 Å². The van der Waals surface area contributed by atoms with Crippen LogP contribution < -0.4 is 4.90 Å². The molecule has 0 amide bonds. The Bertz CT molecular complexity index is 3110. The molecule has 0 unspecified atom stereocenters. The highest BCUT2D eigenvalue weighted by Crippen LogP contribution is 2.64. The lowest BCUT2D eigenvalue weighted by atomic mass is 9.70. The highest BCUT2D eigenvalue weighted by atomic mass is 32.1. The summed E-state index contributed by atoms with van der Waals surface area (Å²) in [6, 6.07) is 71.5. The van der Waals surface area contributed by atoms with E-state index in [4.69, 9.17) is 4.98 Å². The van der Waals surface area contributed by atoms with E-state index in [-0.39, 0.29) is 0 Å². The normalized spacial score (nSPS) is 13.2. The van der Waals surface area contributed by atoms with Crippen molar-refractivity contribution in [1.82, 2.24) is 4.98 Å². The first kappa shape index (κ1) is 30.6.